The van der Waals surface area contributed by atoms with Crippen molar-refractivity contribution in [1.82, 2.24) is 10.2 Å². The highest BCUT2D eigenvalue weighted by molar-refractivity contribution is 5.79. The molecule has 1 saturated heterocycles. The predicted molar refractivity (Wildman–Crippen MR) is 90.3 cm³/mol. The first kappa shape index (κ1) is 18.7. The van der Waals surface area contributed by atoms with Crippen LogP contribution in [0.5, 0.6) is 17.2 Å². The Hall–Kier alpha value is -2.64. The second-order valence-corrected chi connectivity index (χ2v) is 6.21. The molecule has 0 aliphatic carbocycles. The van der Waals surface area contributed by atoms with E-state index in [1.807, 2.05) is 0 Å². The molecule has 1 unspecified atom stereocenters. The first-order valence-electron chi connectivity index (χ1n) is 7.89. The molecule has 1 atom stereocenters. The maximum atomic E-state index is 12.4. The van der Waals surface area contributed by atoms with Crippen molar-refractivity contribution in [3.05, 3.63) is 17.7 Å². The molecule has 2 rings (SSSR count). The van der Waals surface area contributed by atoms with E-state index in [9.17, 15) is 14.7 Å². The van der Waals surface area contributed by atoms with Gasteiger partial charge >= 0.3 is 12.0 Å². The van der Waals surface area contributed by atoms with Crippen LogP contribution in [-0.2, 0) is 11.3 Å². The number of carboxylic acids is 1. The number of carbonyl (C=O) groups is 2. The van der Waals surface area contributed by atoms with Gasteiger partial charge < -0.3 is 29.5 Å². The highest BCUT2D eigenvalue weighted by atomic mass is 16.5. The van der Waals surface area contributed by atoms with Crippen LogP contribution in [0.15, 0.2) is 12.1 Å². The first-order valence-corrected chi connectivity index (χ1v) is 7.89. The number of amides is 2. The van der Waals surface area contributed by atoms with E-state index in [0.717, 1.165) is 0 Å². The number of aliphatic carboxylic acids is 1. The molecule has 2 N–H and O–H groups in total. The summed E-state index contributed by atoms with van der Waals surface area (Å²) < 4.78 is 15.9. The van der Waals surface area contributed by atoms with Crippen molar-refractivity contribution in [3.8, 4) is 17.2 Å². The Kier molecular flexibility index (Phi) is 5.61. The molecular weight excluding hydrogens is 328 g/mol. The number of nitrogens with one attached hydrogen (secondary N) is 1. The van der Waals surface area contributed by atoms with Gasteiger partial charge in [-0.1, -0.05) is 0 Å². The van der Waals surface area contributed by atoms with Gasteiger partial charge in [-0.2, -0.15) is 0 Å². The zero-order chi connectivity index (χ0) is 18.6. The molecule has 8 nitrogen and oxygen atoms in total. The summed E-state index contributed by atoms with van der Waals surface area (Å²) in [5.74, 6) is 0.767. The number of carboxylic acid groups (broad SMARTS) is 1. The fourth-order valence-corrected chi connectivity index (χ4v) is 2.84. The maximum absolute atomic E-state index is 12.4. The van der Waals surface area contributed by atoms with Gasteiger partial charge in [0, 0.05) is 25.2 Å². The van der Waals surface area contributed by atoms with Gasteiger partial charge in [0.2, 0.25) is 0 Å². The summed E-state index contributed by atoms with van der Waals surface area (Å²) in [5.41, 5.74) is -0.216. The van der Waals surface area contributed by atoms with Gasteiger partial charge in [0.15, 0.2) is 0 Å². The van der Waals surface area contributed by atoms with Crippen LogP contribution < -0.4 is 19.5 Å². The van der Waals surface area contributed by atoms with Gasteiger partial charge in [-0.15, -0.1) is 0 Å². The number of benzene rings is 1. The fraction of sp³-hybridized carbons (Fsp3) is 0.529. The molecule has 0 radical (unpaired) electrons. The molecule has 0 spiro atoms. The number of hydrogen-bond acceptors (Lipinski definition) is 5. The quantitative estimate of drug-likeness (QED) is 0.809. The minimum absolute atomic E-state index is 0.186. The number of ether oxygens (including phenoxy) is 3. The van der Waals surface area contributed by atoms with E-state index in [2.05, 4.69) is 5.32 Å². The molecule has 1 fully saturated rings. The third-order valence-electron chi connectivity index (χ3n) is 4.51. The Balaban J connectivity index is 2.08. The van der Waals surface area contributed by atoms with Crippen LogP contribution in [-0.4, -0.2) is 56.4 Å². The SMILES string of the molecule is COc1cc(OC)c(CNC(=O)N2CCC(C)(C(=O)O)C2)c(OC)c1. The summed E-state index contributed by atoms with van der Waals surface area (Å²) in [5, 5.41) is 12.1. The zero-order valence-electron chi connectivity index (χ0n) is 14.9. The molecule has 1 aromatic carbocycles. The molecule has 138 valence electrons. The van der Waals surface area contributed by atoms with Crippen LogP contribution in [0.3, 0.4) is 0 Å². The van der Waals surface area contributed by atoms with Crippen LogP contribution in [0.1, 0.15) is 18.9 Å². The molecule has 1 aliphatic heterocycles. The molecule has 1 heterocycles. The predicted octanol–water partition coefficient (Wildman–Crippen LogP) is 1.72. The number of urea groups is 1. The Morgan fingerprint density at radius 3 is 2.24 bits per heavy atom. The van der Waals surface area contributed by atoms with Crippen molar-refractivity contribution in [2.75, 3.05) is 34.4 Å². The largest absolute Gasteiger partial charge is 0.496 e. The standard InChI is InChI=1S/C17H24N2O6/c1-17(15(20)21)5-6-19(10-17)16(22)18-9-12-13(24-3)7-11(23-2)8-14(12)25-4/h7-8H,5-6,9-10H2,1-4H3,(H,18,22)(H,20,21). The average molecular weight is 352 g/mol. The van der Waals surface area contributed by atoms with Crippen LogP contribution >= 0.6 is 0 Å². The number of carbonyl (C=O) groups excluding carboxylic acids is 1. The summed E-state index contributed by atoms with van der Waals surface area (Å²) >= 11 is 0. The normalized spacial score (nSPS) is 19.4. The lowest BCUT2D eigenvalue weighted by atomic mass is 9.90. The molecule has 1 aliphatic rings. The molecule has 1 aromatic rings. The van der Waals surface area contributed by atoms with Crippen LogP contribution in [0.2, 0.25) is 0 Å². The monoisotopic (exact) mass is 352 g/mol. The molecule has 8 heteroatoms. The van der Waals surface area contributed by atoms with Crippen molar-refractivity contribution in [3.63, 3.8) is 0 Å². The van der Waals surface area contributed by atoms with Crippen molar-refractivity contribution in [1.29, 1.82) is 0 Å². The number of hydrogen-bond donors (Lipinski definition) is 2. The second kappa shape index (κ2) is 7.50. The van der Waals surface area contributed by atoms with Crippen molar-refractivity contribution >= 4 is 12.0 Å². The summed E-state index contributed by atoms with van der Waals surface area (Å²) in [7, 11) is 4.60. The maximum Gasteiger partial charge on any atom is 0.317 e. The van der Waals surface area contributed by atoms with Gasteiger partial charge in [-0.25, -0.2) is 4.79 Å². The van der Waals surface area contributed by atoms with E-state index in [4.69, 9.17) is 14.2 Å². The second-order valence-electron chi connectivity index (χ2n) is 6.21. The van der Waals surface area contributed by atoms with Crippen molar-refractivity contribution in [2.24, 2.45) is 5.41 Å². The van der Waals surface area contributed by atoms with E-state index >= 15 is 0 Å². The van der Waals surface area contributed by atoms with E-state index in [1.54, 1.807) is 26.2 Å². The summed E-state index contributed by atoms with van der Waals surface area (Å²) in [6.07, 6.45) is 0.435. The highest BCUT2D eigenvalue weighted by Crippen LogP contribution is 2.34. The van der Waals surface area contributed by atoms with E-state index in [1.165, 1.54) is 19.1 Å². The Labute approximate surface area is 146 Å². The minimum Gasteiger partial charge on any atom is -0.496 e. The molecule has 2 amide bonds. The third kappa shape index (κ3) is 3.89. The minimum atomic E-state index is -0.896. The Bertz CT molecular complexity index is 638. The lowest BCUT2D eigenvalue weighted by Gasteiger charge is -2.21. The smallest absolute Gasteiger partial charge is 0.317 e. The van der Waals surface area contributed by atoms with Gasteiger partial charge in [-0.3, -0.25) is 4.79 Å². The number of nitrogens with zero attached hydrogens (tertiary/aromatic N) is 1. The third-order valence-corrected chi connectivity index (χ3v) is 4.51. The lowest BCUT2D eigenvalue weighted by molar-refractivity contribution is -0.147. The van der Waals surface area contributed by atoms with Gasteiger partial charge in [0.05, 0.1) is 38.9 Å². The summed E-state index contributed by atoms with van der Waals surface area (Å²) in [6, 6.07) is 3.10. The van der Waals surface area contributed by atoms with Gasteiger partial charge in [-0.05, 0) is 13.3 Å². The van der Waals surface area contributed by atoms with Crippen LogP contribution in [0, 0.1) is 5.41 Å². The average Bonchev–Trinajstić information content (AvgIpc) is 3.02. The van der Waals surface area contributed by atoms with Crippen molar-refractivity contribution in [2.45, 2.75) is 19.9 Å². The van der Waals surface area contributed by atoms with Gasteiger partial charge in [0.25, 0.3) is 0 Å². The van der Waals surface area contributed by atoms with Crippen LogP contribution in [0.4, 0.5) is 4.79 Å². The Morgan fingerprint density at radius 2 is 1.80 bits per heavy atom. The lowest BCUT2D eigenvalue weighted by Crippen LogP contribution is -2.40. The number of rotatable bonds is 6. The van der Waals surface area contributed by atoms with E-state index < -0.39 is 11.4 Å². The molecule has 0 saturated carbocycles. The topological polar surface area (TPSA) is 97.3 Å². The fourth-order valence-electron chi connectivity index (χ4n) is 2.84. The van der Waals surface area contributed by atoms with E-state index in [-0.39, 0.29) is 19.1 Å². The van der Waals surface area contributed by atoms with Crippen molar-refractivity contribution < 1.29 is 28.9 Å². The summed E-state index contributed by atoms with van der Waals surface area (Å²) in [6.45, 7) is 2.43. The first-order chi connectivity index (χ1) is 11.8. The zero-order valence-corrected chi connectivity index (χ0v) is 14.9. The number of likely N-dealkylation sites (tertiary alicyclic amines) is 1. The summed E-state index contributed by atoms with van der Waals surface area (Å²) in [4.78, 5) is 25.2. The molecule has 25 heavy (non-hydrogen) atoms. The highest BCUT2D eigenvalue weighted by Gasteiger charge is 2.42. The Morgan fingerprint density at radius 1 is 1.20 bits per heavy atom. The molecular formula is C17H24N2O6. The molecule has 0 bridgehead atoms. The molecule has 0 aromatic heterocycles. The van der Waals surface area contributed by atoms with Gasteiger partial charge in [0.1, 0.15) is 17.2 Å². The number of methoxy groups -OCH3 is 3. The van der Waals surface area contributed by atoms with E-state index in [0.29, 0.717) is 35.8 Å². The van der Waals surface area contributed by atoms with Crippen LogP contribution in [0.25, 0.3) is 0 Å².